The largest absolute Gasteiger partial charge is 0.497 e. The van der Waals surface area contributed by atoms with Crippen LogP contribution in [-0.2, 0) is 19.5 Å². The van der Waals surface area contributed by atoms with Crippen LogP contribution in [0, 0.1) is 0 Å². The lowest BCUT2D eigenvalue weighted by molar-refractivity contribution is 0.0695. The SMILES string of the molecule is CCN(CC1Cc2c(sc(N)c2C(=O)O)CN1Cc1ccc(OC)cc1)c1ccc2ccccc2c1. The molecule has 5 rings (SSSR count). The van der Waals surface area contributed by atoms with Gasteiger partial charge in [0, 0.05) is 42.8 Å². The Bertz CT molecular complexity index is 1380. The first-order valence-corrected chi connectivity index (χ1v) is 13.0. The van der Waals surface area contributed by atoms with Gasteiger partial charge in [0.1, 0.15) is 10.8 Å². The fourth-order valence-electron chi connectivity index (χ4n) is 5.17. The van der Waals surface area contributed by atoms with Crippen molar-refractivity contribution in [2.45, 2.75) is 32.5 Å². The minimum absolute atomic E-state index is 0.137. The van der Waals surface area contributed by atoms with E-state index < -0.39 is 5.97 Å². The number of methoxy groups -OCH3 is 1. The Kier molecular flexibility index (Phi) is 6.85. The fourth-order valence-corrected chi connectivity index (χ4v) is 6.28. The molecule has 0 radical (unpaired) electrons. The van der Waals surface area contributed by atoms with E-state index in [2.05, 4.69) is 71.3 Å². The normalized spacial score (nSPS) is 15.6. The second kappa shape index (κ2) is 10.2. The lowest BCUT2D eigenvalue weighted by Gasteiger charge is -2.39. The number of rotatable bonds is 8. The van der Waals surface area contributed by atoms with E-state index in [1.807, 2.05) is 12.1 Å². The summed E-state index contributed by atoms with van der Waals surface area (Å²) >= 11 is 1.41. The van der Waals surface area contributed by atoms with Gasteiger partial charge >= 0.3 is 5.97 Å². The van der Waals surface area contributed by atoms with Crippen LogP contribution >= 0.6 is 11.3 Å². The summed E-state index contributed by atoms with van der Waals surface area (Å²) in [5.74, 6) is -0.101. The van der Waals surface area contributed by atoms with Crippen molar-refractivity contribution >= 4 is 38.8 Å². The predicted octanol–water partition coefficient (Wildman–Crippen LogP) is 5.64. The van der Waals surface area contributed by atoms with Crippen LogP contribution in [0.2, 0.25) is 0 Å². The van der Waals surface area contributed by atoms with Gasteiger partial charge in [-0.05, 0) is 59.5 Å². The number of anilines is 2. The number of likely N-dealkylation sites (N-methyl/N-ethyl adjacent to an activating group) is 1. The zero-order chi connectivity index (χ0) is 25.2. The Balaban J connectivity index is 1.47. The standard InChI is InChI=1S/C29H31N3O3S/c1-3-31(22-11-10-20-6-4-5-7-21(20)14-22)17-23-15-25-26(36-28(30)27(25)29(33)34)18-32(23)16-19-8-12-24(35-2)13-9-19/h4-14,23H,3,15-18,30H2,1-2H3,(H,33,34). The van der Waals surface area contributed by atoms with Gasteiger partial charge in [0.05, 0.1) is 12.7 Å². The van der Waals surface area contributed by atoms with Crippen molar-refractivity contribution in [1.82, 2.24) is 4.90 Å². The lowest BCUT2D eigenvalue weighted by Crippen LogP contribution is -2.47. The Morgan fingerprint density at radius 3 is 2.58 bits per heavy atom. The highest BCUT2D eigenvalue weighted by Gasteiger charge is 2.33. The molecule has 3 aromatic carbocycles. The average molecular weight is 502 g/mol. The number of carboxylic acid groups (broad SMARTS) is 1. The summed E-state index contributed by atoms with van der Waals surface area (Å²) < 4.78 is 5.32. The molecule has 0 spiro atoms. The quantitative estimate of drug-likeness (QED) is 0.325. The molecule has 186 valence electrons. The van der Waals surface area contributed by atoms with Crippen LogP contribution in [0.1, 0.15) is 33.3 Å². The molecular weight excluding hydrogens is 470 g/mol. The minimum Gasteiger partial charge on any atom is -0.497 e. The third-order valence-corrected chi connectivity index (χ3v) is 8.14. The van der Waals surface area contributed by atoms with Crippen LogP contribution < -0.4 is 15.4 Å². The van der Waals surface area contributed by atoms with E-state index in [-0.39, 0.29) is 11.6 Å². The second-order valence-electron chi connectivity index (χ2n) is 9.23. The molecule has 0 amide bonds. The van der Waals surface area contributed by atoms with Crippen molar-refractivity contribution in [3.05, 3.63) is 88.3 Å². The van der Waals surface area contributed by atoms with Crippen LogP contribution in [0.4, 0.5) is 10.7 Å². The van der Waals surface area contributed by atoms with Crippen molar-refractivity contribution in [3.63, 3.8) is 0 Å². The van der Waals surface area contributed by atoms with E-state index in [1.165, 1.54) is 33.4 Å². The van der Waals surface area contributed by atoms with Gasteiger partial charge < -0.3 is 20.5 Å². The highest BCUT2D eigenvalue weighted by Crippen LogP contribution is 2.38. The first-order valence-electron chi connectivity index (χ1n) is 12.2. The second-order valence-corrected chi connectivity index (χ2v) is 10.4. The first kappa shape index (κ1) is 24.2. The summed E-state index contributed by atoms with van der Waals surface area (Å²) in [6.45, 7) is 5.27. The van der Waals surface area contributed by atoms with Crippen molar-refractivity contribution in [3.8, 4) is 5.75 Å². The monoisotopic (exact) mass is 501 g/mol. The summed E-state index contributed by atoms with van der Waals surface area (Å²) in [7, 11) is 1.67. The van der Waals surface area contributed by atoms with Crippen LogP contribution in [-0.4, -0.2) is 42.2 Å². The molecule has 0 bridgehead atoms. The lowest BCUT2D eigenvalue weighted by atomic mass is 9.95. The van der Waals surface area contributed by atoms with Crippen LogP contribution in [0.3, 0.4) is 0 Å². The van der Waals surface area contributed by atoms with E-state index in [4.69, 9.17) is 10.5 Å². The molecule has 1 aliphatic heterocycles. The number of nitrogens with zero attached hydrogens (tertiary/aromatic N) is 2. The number of fused-ring (bicyclic) bond motifs is 2. The molecule has 2 heterocycles. The number of thiophene rings is 1. The van der Waals surface area contributed by atoms with Crippen molar-refractivity contribution in [2.75, 3.05) is 30.8 Å². The van der Waals surface area contributed by atoms with Crippen molar-refractivity contribution in [2.24, 2.45) is 0 Å². The minimum atomic E-state index is -0.936. The molecule has 0 aliphatic carbocycles. The van der Waals surface area contributed by atoms with Gasteiger partial charge in [-0.3, -0.25) is 4.90 Å². The maximum absolute atomic E-state index is 12.0. The molecule has 1 aromatic heterocycles. The van der Waals surface area contributed by atoms with E-state index >= 15 is 0 Å². The number of aromatic carboxylic acids is 1. The highest BCUT2D eigenvalue weighted by atomic mass is 32.1. The maximum Gasteiger partial charge on any atom is 0.338 e. The highest BCUT2D eigenvalue weighted by molar-refractivity contribution is 7.16. The summed E-state index contributed by atoms with van der Waals surface area (Å²) in [6, 6.07) is 23.3. The Labute approximate surface area is 215 Å². The average Bonchev–Trinajstić information content (AvgIpc) is 3.22. The number of carboxylic acids is 1. The topological polar surface area (TPSA) is 79.0 Å². The molecule has 1 unspecified atom stereocenters. The Morgan fingerprint density at radius 2 is 1.89 bits per heavy atom. The summed E-state index contributed by atoms with van der Waals surface area (Å²) in [6.07, 6.45) is 0.658. The number of nitrogen functional groups attached to an aromatic ring is 1. The molecule has 7 heteroatoms. The van der Waals surface area contributed by atoms with Crippen molar-refractivity contribution < 1.29 is 14.6 Å². The third kappa shape index (κ3) is 4.76. The van der Waals surface area contributed by atoms with E-state index in [9.17, 15) is 9.90 Å². The zero-order valence-electron chi connectivity index (χ0n) is 20.6. The Morgan fingerprint density at radius 1 is 1.14 bits per heavy atom. The number of benzene rings is 3. The molecule has 3 N–H and O–H groups in total. The van der Waals surface area contributed by atoms with Crippen molar-refractivity contribution in [1.29, 1.82) is 0 Å². The molecule has 1 aliphatic rings. The van der Waals surface area contributed by atoms with E-state index in [0.717, 1.165) is 35.8 Å². The van der Waals surface area contributed by atoms with Crippen LogP contribution in [0.25, 0.3) is 10.8 Å². The summed E-state index contributed by atoms with van der Waals surface area (Å²) in [5, 5.41) is 12.7. The molecular formula is C29H31N3O3S. The smallest absolute Gasteiger partial charge is 0.338 e. The van der Waals surface area contributed by atoms with Gasteiger partial charge in [0.25, 0.3) is 0 Å². The number of nitrogens with two attached hydrogens (primary N) is 1. The molecule has 0 fully saturated rings. The zero-order valence-corrected chi connectivity index (χ0v) is 21.4. The molecule has 0 saturated heterocycles. The number of hydrogen-bond donors (Lipinski definition) is 2. The predicted molar refractivity (Wildman–Crippen MR) is 147 cm³/mol. The first-order chi connectivity index (χ1) is 17.5. The molecule has 4 aromatic rings. The number of ether oxygens (including phenoxy) is 1. The van der Waals surface area contributed by atoms with Gasteiger partial charge in [0.15, 0.2) is 0 Å². The van der Waals surface area contributed by atoms with Gasteiger partial charge in [-0.2, -0.15) is 0 Å². The van der Waals surface area contributed by atoms with Gasteiger partial charge in [-0.25, -0.2) is 4.79 Å². The third-order valence-electron chi connectivity index (χ3n) is 7.09. The number of carbonyl (C=O) groups is 1. The fraction of sp³-hybridized carbons (Fsp3) is 0.276. The number of hydrogen-bond acceptors (Lipinski definition) is 6. The summed E-state index contributed by atoms with van der Waals surface area (Å²) in [5.41, 5.74) is 9.72. The van der Waals surface area contributed by atoms with Gasteiger partial charge in [-0.1, -0.05) is 42.5 Å². The van der Waals surface area contributed by atoms with Crippen LogP contribution in [0.5, 0.6) is 5.75 Å². The molecule has 0 saturated carbocycles. The van der Waals surface area contributed by atoms with E-state index in [1.54, 1.807) is 7.11 Å². The molecule has 6 nitrogen and oxygen atoms in total. The molecule has 36 heavy (non-hydrogen) atoms. The van der Waals surface area contributed by atoms with E-state index in [0.29, 0.717) is 18.0 Å². The van der Waals surface area contributed by atoms with Gasteiger partial charge in [-0.15, -0.1) is 11.3 Å². The molecule has 1 atom stereocenters. The maximum atomic E-state index is 12.0. The van der Waals surface area contributed by atoms with Crippen LogP contribution in [0.15, 0.2) is 66.7 Å². The van der Waals surface area contributed by atoms with Gasteiger partial charge in [0.2, 0.25) is 0 Å². The Hall–Kier alpha value is -3.55. The summed E-state index contributed by atoms with van der Waals surface area (Å²) in [4.78, 5) is 17.9.